The second-order valence-corrected chi connectivity index (χ2v) is 6.84. The normalized spacial score (nSPS) is 12.2. The number of aryl methyl sites for hydroxylation is 1. The van der Waals surface area contributed by atoms with E-state index in [0.29, 0.717) is 12.1 Å². The molecular weight excluding hydrogens is 326 g/mol. The van der Waals surface area contributed by atoms with E-state index in [1.807, 2.05) is 20.8 Å². The molecule has 0 heterocycles. The van der Waals surface area contributed by atoms with Crippen LogP contribution in [0.15, 0.2) is 18.2 Å². The number of rotatable bonds is 7. The van der Waals surface area contributed by atoms with Crippen LogP contribution in [0.2, 0.25) is 0 Å². The van der Waals surface area contributed by atoms with E-state index >= 15 is 0 Å². The average molecular weight is 350 g/mol. The minimum absolute atomic E-state index is 0. The monoisotopic (exact) mass is 349 g/mol. The molecule has 22 heavy (non-hydrogen) atoms. The van der Waals surface area contributed by atoms with Crippen molar-refractivity contribution in [2.75, 3.05) is 24.1 Å². The third-order valence-electron chi connectivity index (χ3n) is 2.84. The summed E-state index contributed by atoms with van der Waals surface area (Å²) in [6.45, 7) is 7.10. The molecule has 3 N–H and O–H groups in total. The number of halogens is 1. The van der Waals surface area contributed by atoms with E-state index in [0.717, 1.165) is 18.4 Å². The van der Waals surface area contributed by atoms with Gasteiger partial charge in [-0.3, -0.25) is 9.52 Å². The molecule has 0 radical (unpaired) electrons. The molecule has 1 aromatic rings. The Morgan fingerprint density at radius 2 is 1.95 bits per heavy atom. The lowest BCUT2D eigenvalue weighted by Gasteiger charge is -2.15. The van der Waals surface area contributed by atoms with Gasteiger partial charge in [0.2, 0.25) is 10.0 Å². The van der Waals surface area contributed by atoms with E-state index in [2.05, 4.69) is 15.4 Å². The highest BCUT2D eigenvalue weighted by Crippen LogP contribution is 2.18. The molecule has 0 aliphatic rings. The molecular formula is C14H24ClN3O3S. The minimum Gasteiger partial charge on any atom is -0.350 e. The lowest BCUT2D eigenvalue weighted by Crippen LogP contribution is -2.39. The predicted molar refractivity (Wildman–Crippen MR) is 92.4 cm³/mol. The number of amides is 1. The third-order valence-corrected chi connectivity index (χ3v) is 3.43. The Kier molecular flexibility index (Phi) is 8.44. The van der Waals surface area contributed by atoms with Crippen LogP contribution in [0.1, 0.15) is 29.8 Å². The van der Waals surface area contributed by atoms with Crippen molar-refractivity contribution in [3.63, 3.8) is 0 Å². The number of likely N-dealkylation sites (N-methyl/N-ethyl adjacent to an activating group) is 1. The molecule has 0 aliphatic heterocycles. The molecule has 0 saturated heterocycles. The molecule has 8 heteroatoms. The van der Waals surface area contributed by atoms with Crippen LogP contribution in [0, 0.1) is 6.92 Å². The number of anilines is 1. The first-order valence-corrected chi connectivity index (χ1v) is 8.72. The summed E-state index contributed by atoms with van der Waals surface area (Å²) < 4.78 is 25.1. The molecule has 1 rings (SSSR count). The fraction of sp³-hybridized carbons (Fsp3) is 0.500. The summed E-state index contributed by atoms with van der Waals surface area (Å²) in [6.07, 6.45) is 1.06. The lowest BCUT2D eigenvalue weighted by atomic mass is 10.1. The average Bonchev–Trinajstić information content (AvgIpc) is 2.37. The van der Waals surface area contributed by atoms with Crippen LogP contribution < -0.4 is 15.4 Å². The van der Waals surface area contributed by atoms with Gasteiger partial charge in [-0.2, -0.15) is 0 Å². The van der Waals surface area contributed by atoms with E-state index < -0.39 is 10.0 Å². The van der Waals surface area contributed by atoms with Gasteiger partial charge in [-0.25, -0.2) is 8.42 Å². The van der Waals surface area contributed by atoms with Crippen LogP contribution in [0.5, 0.6) is 0 Å². The smallest absolute Gasteiger partial charge is 0.253 e. The molecule has 0 aromatic heterocycles. The Balaban J connectivity index is 0.00000441. The number of hydrogen-bond acceptors (Lipinski definition) is 4. The largest absolute Gasteiger partial charge is 0.350 e. The molecule has 1 aromatic carbocycles. The van der Waals surface area contributed by atoms with E-state index in [1.54, 1.807) is 18.2 Å². The second kappa shape index (κ2) is 8.97. The molecule has 0 saturated carbocycles. The maximum atomic E-state index is 12.2. The molecule has 0 aliphatic carbocycles. The van der Waals surface area contributed by atoms with E-state index in [1.165, 1.54) is 0 Å². The summed E-state index contributed by atoms with van der Waals surface area (Å²) in [4.78, 5) is 12.2. The Labute approximate surface area is 138 Å². The number of hydrogen-bond donors (Lipinski definition) is 3. The Bertz CT molecular complexity index is 605. The molecule has 0 fully saturated rings. The van der Waals surface area contributed by atoms with Crippen molar-refractivity contribution in [1.29, 1.82) is 0 Å². The van der Waals surface area contributed by atoms with E-state index in [-0.39, 0.29) is 30.0 Å². The van der Waals surface area contributed by atoms with Gasteiger partial charge < -0.3 is 10.6 Å². The van der Waals surface area contributed by atoms with Gasteiger partial charge in [0, 0.05) is 12.6 Å². The maximum Gasteiger partial charge on any atom is 0.253 e. The van der Waals surface area contributed by atoms with Gasteiger partial charge in [-0.15, -0.1) is 12.4 Å². The van der Waals surface area contributed by atoms with Gasteiger partial charge in [0.15, 0.2) is 0 Å². The highest BCUT2D eigenvalue weighted by atomic mass is 35.5. The summed E-state index contributed by atoms with van der Waals surface area (Å²) in [7, 11) is -3.43. The third kappa shape index (κ3) is 7.11. The topological polar surface area (TPSA) is 87.3 Å². The lowest BCUT2D eigenvalue weighted by molar-refractivity contribution is 0.0951. The van der Waals surface area contributed by atoms with Crippen molar-refractivity contribution >= 4 is 34.0 Å². The molecule has 126 valence electrons. The molecule has 0 bridgehead atoms. The van der Waals surface area contributed by atoms with Gasteiger partial charge in [0.25, 0.3) is 5.91 Å². The zero-order valence-electron chi connectivity index (χ0n) is 13.3. The summed E-state index contributed by atoms with van der Waals surface area (Å²) in [6, 6.07) is 5.17. The van der Waals surface area contributed by atoms with E-state index in [4.69, 9.17) is 0 Å². The Morgan fingerprint density at radius 3 is 2.50 bits per heavy atom. The van der Waals surface area contributed by atoms with Crippen LogP contribution >= 0.6 is 12.4 Å². The number of nitrogens with one attached hydrogen (secondary N) is 3. The zero-order chi connectivity index (χ0) is 16.0. The van der Waals surface area contributed by atoms with Crippen LogP contribution in [-0.2, 0) is 10.0 Å². The van der Waals surface area contributed by atoms with Gasteiger partial charge in [0.1, 0.15) is 0 Å². The van der Waals surface area contributed by atoms with Crippen LogP contribution in [-0.4, -0.2) is 39.7 Å². The first kappa shape index (κ1) is 20.7. The van der Waals surface area contributed by atoms with Crippen molar-refractivity contribution in [2.24, 2.45) is 0 Å². The predicted octanol–water partition coefficient (Wildman–Crippen LogP) is 1.52. The summed E-state index contributed by atoms with van der Waals surface area (Å²) in [5, 5.41) is 5.99. The number of carbonyl (C=O) groups excluding carboxylic acids is 1. The van der Waals surface area contributed by atoms with Crippen LogP contribution in [0.25, 0.3) is 0 Å². The molecule has 0 unspecified atom stereocenters. The van der Waals surface area contributed by atoms with Gasteiger partial charge >= 0.3 is 0 Å². The summed E-state index contributed by atoms with van der Waals surface area (Å²) >= 11 is 0. The molecule has 0 spiro atoms. The van der Waals surface area contributed by atoms with Gasteiger partial charge in [-0.1, -0.05) is 18.6 Å². The maximum absolute atomic E-state index is 12.2. The standard InChI is InChI=1S/C14H23N3O3S.ClH/c1-5-15-11(3)9-16-14(18)12-8-10(2)6-7-13(12)17-21(4,19)20;/h6-8,11,15,17H,5,9H2,1-4H3,(H,16,18);1H/t11-;/m1./s1. The fourth-order valence-corrected chi connectivity index (χ4v) is 2.47. The number of carbonyl (C=O) groups is 1. The summed E-state index contributed by atoms with van der Waals surface area (Å²) in [5.74, 6) is -0.297. The van der Waals surface area contributed by atoms with Gasteiger partial charge in [0.05, 0.1) is 17.5 Å². The minimum atomic E-state index is -3.43. The highest BCUT2D eigenvalue weighted by molar-refractivity contribution is 7.92. The molecule has 1 amide bonds. The first-order valence-electron chi connectivity index (χ1n) is 6.83. The van der Waals surface area contributed by atoms with Crippen molar-refractivity contribution < 1.29 is 13.2 Å². The summed E-state index contributed by atoms with van der Waals surface area (Å²) in [5.41, 5.74) is 1.50. The zero-order valence-corrected chi connectivity index (χ0v) is 14.9. The molecule has 6 nitrogen and oxygen atoms in total. The Hall–Kier alpha value is -1.31. The quantitative estimate of drug-likeness (QED) is 0.696. The van der Waals surface area contributed by atoms with Crippen molar-refractivity contribution in [1.82, 2.24) is 10.6 Å². The van der Waals surface area contributed by atoms with Crippen molar-refractivity contribution in [2.45, 2.75) is 26.8 Å². The second-order valence-electron chi connectivity index (χ2n) is 5.09. The Morgan fingerprint density at radius 1 is 1.32 bits per heavy atom. The SMILES string of the molecule is CCN[C@H](C)CNC(=O)c1cc(C)ccc1NS(C)(=O)=O.Cl. The fourth-order valence-electron chi connectivity index (χ4n) is 1.90. The van der Waals surface area contributed by atoms with Crippen LogP contribution in [0.3, 0.4) is 0 Å². The van der Waals surface area contributed by atoms with Gasteiger partial charge in [-0.05, 0) is 32.5 Å². The van der Waals surface area contributed by atoms with Crippen molar-refractivity contribution in [3.8, 4) is 0 Å². The van der Waals surface area contributed by atoms with Crippen molar-refractivity contribution in [3.05, 3.63) is 29.3 Å². The first-order chi connectivity index (χ1) is 9.73. The van der Waals surface area contributed by atoms with E-state index in [9.17, 15) is 13.2 Å². The molecule has 1 atom stereocenters. The van der Waals surface area contributed by atoms with Crippen LogP contribution in [0.4, 0.5) is 5.69 Å². The highest BCUT2D eigenvalue weighted by Gasteiger charge is 2.15. The number of sulfonamides is 1. The number of benzene rings is 1.